The maximum absolute atomic E-state index is 14.8. The maximum atomic E-state index is 14.8. The minimum absolute atomic E-state index is 0.306. The average Bonchev–Trinajstić information content (AvgIpc) is 3.49. The Morgan fingerprint density at radius 1 is 0.795 bits per heavy atom. The van der Waals surface area contributed by atoms with Gasteiger partial charge in [-0.1, -0.05) is 42.5 Å². The van der Waals surface area contributed by atoms with Crippen molar-refractivity contribution in [2.75, 3.05) is 26.2 Å². The number of fused-ring (bicyclic) bond motifs is 5. The Labute approximate surface area is 253 Å². The van der Waals surface area contributed by atoms with Gasteiger partial charge in [0.25, 0.3) is 0 Å². The standard InChI is InChI=1S/C36H28FNO6/c1-42-23-12-8-20(9-13-23)33(39)32-31(27-15-14-24(43-2)19-29(27)44-3)36(34(40)25-6-4-5-7-26(25)35(36)41)30-17-10-21-18-22(37)11-16-28(21)38(30)32/h4-19,30-32H,1-3H3/t30-,31+,32-/m1/s1. The Balaban J connectivity index is 1.55. The number of hydrogen-bond donors (Lipinski definition) is 0. The first-order valence-electron chi connectivity index (χ1n) is 14.2. The van der Waals surface area contributed by atoms with Crippen molar-refractivity contribution in [2.24, 2.45) is 5.41 Å². The number of halogens is 1. The molecule has 220 valence electrons. The number of anilines is 1. The Bertz CT molecular complexity index is 1850. The second-order valence-electron chi connectivity index (χ2n) is 11.1. The highest BCUT2D eigenvalue weighted by molar-refractivity contribution is 6.32. The fourth-order valence-corrected chi connectivity index (χ4v) is 7.29. The van der Waals surface area contributed by atoms with Gasteiger partial charge in [-0.15, -0.1) is 0 Å². The van der Waals surface area contributed by atoms with E-state index in [-0.39, 0.29) is 17.3 Å². The van der Waals surface area contributed by atoms with Crippen molar-refractivity contribution < 1.29 is 33.0 Å². The minimum atomic E-state index is -1.72. The Morgan fingerprint density at radius 2 is 1.45 bits per heavy atom. The first-order valence-corrected chi connectivity index (χ1v) is 14.2. The van der Waals surface area contributed by atoms with Crippen LogP contribution in [0.25, 0.3) is 6.08 Å². The van der Waals surface area contributed by atoms with Crippen LogP contribution in [0.5, 0.6) is 17.2 Å². The quantitative estimate of drug-likeness (QED) is 0.197. The molecule has 0 N–H and O–H groups in total. The van der Waals surface area contributed by atoms with Crippen molar-refractivity contribution >= 4 is 29.1 Å². The molecule has 0 unspecified atom stereocenters. The number of ether oxygens (including phenoxy) is 3. The molecule has 7 rings (SSSR count). The number of Topliss-reactive ketones (excluding diaryl/α,β-unsaturated/α-hetero) is 3. The van der Waals surface area contributed by atoms with Gasteiger partial charge in [-0.2, -0.15) is 0 Å². The van der Waals surface area contributed by atoms with Crippen LogP contribution in [0.4, 0.5) is 10.1 Å². The summed E-state index contributed by atoms with van der Waals surface area (Å²) in [6.07, 6.45) is 3.49. The molecular formula is C36H28FNO6. The Hall–Kier alpha value is -5.24. The lowest BCUT2D eigenvalue weighted by atomic mass is 9.64. The number of nitrogens with zero attached hydrogens (tertiary/aromatic N) is 1. The van der Waals surface area contributed by atoms with Crippen LogP contribution in [0.3, 0.4) is 0 Å². The molecule has 2 aliphatic heterocycles. The Kier molecular flexibility index (Phi) is 6.39. The van der Waals surface area contributed by atoms with Crippen LogP contribution >= 0.6 is 0 Å². The van der Waals surface area contributed by atoms with Crippen LogP contribution < -0.4 is 19.1 Å². The number of carbonyl (C=O) groups excluding carboxylic acids is 3. The lowest BCUT2D eigenvalue weighted by molar-refractivity contribution is 0.0664. The van der Waals surface area contributed by atoms with Crippen molar-refractivity contribution in [1.29, 1.82) is 0 Å². The third kappa shape index (κ3) is 3.70. The lowest BCUT2D eigenvalue weighted by Crippen LogP contribution is -2.48. The van der Waals surface area contributed by atoms with Crippen molar-refractivity contribution in [1.82, 2.24) is 0 Å². The summed E-state index contributed by atoms with van der Waals surface area (Å²) >= 11 is 0. The van der Waals surface area contributed by atoms with Gasteiger partial charge >= 0.3 is 0 Å². The van der Waals surface area contributed by atoms with Crippen LogP contribution in [-0.2, 0) is 0 Å². The second kappa shape index (κ2) is 10.2. The molecule has 1 saturated heterocycles. The first kappa shape index (κ1) is 27.6. The molecule has 4 aromatic rings. The number of benzene rings is 4. The number of hydrogen-bond acceptors (Lipinski definition) is 7. The number of rotatable bonds is 6. The minimum Gasteiger partial charge on any atom is -0.497 e. The fourth-order valence-electron chi connectivity index (χ4n) is 7.29. The predicted octanol–water partition coefficient (Wildman–Crippen LogP) is 6.17. The predicted molar refractivity (Wildman–Crippen MR) is 163 cm³/mol. The summed E-state index contributed by atoms with van der Waals surface area (Å²) in [5, 5.41) is 0. The summed E-state index contributed by atoms with van der Waals surface area (Å²) in [4.78, 5) is 46.3. The zero-order chi connectivity index (χ0) is 30.7. The van der Waals surface area contributed by atoms with E-state index < -0.39 is 29.2 Å². The largest absolute Gasteiger partial charge is 0.497 e. The molecular weight excluding hydrogens is 561 g/mol. The molecule has 44 heavy (non-hydrogen) atoms. The molecule has 0 aromatic heterocycles. The molecule has 3 atom stereocenters. The molecule has 1 spiro atoms. The van der Waals surface area contributed by atoms with Gasteiger partial charge in [0.05, 0.1) is 27.4 Å². The van der Waals surface area contributed by atoms with Gasteiger partial charge in [0.2, 0.25) is 0 Å². The molecule has 1 fully saturated rings. The van der Waals surface area contributed by atoms with Gasteiger partial charge in [0, 0.05) is 45.5 Å². The van der Waals surface area contributed by atoms with Crippen LogP contribution in [-0.4, -0.2) is 50.8 Å². The SMILES string of the molecule is COc1ccc(C(=O)[C@H]2[C@H](c3ccc(OC)cc3OC)C3(C(=O)c4ccccc4C3=O)[C@H]3C=Cc4cc(F)ccc4N23)cc1. The van der Waals surface area contributed by atoms with Gasteiger partial charge in [0.1, 0.15) is 34.5 Å². The second-order valence-corrected chi connectivity index (χ2v) is 11.1. The van der Waals surface area contributed by atoms with E-state index in [9.17, 15) is 18.8 Å². The van der Waals surface area contributed by atoms with Crippen LogP contribution in [0.15, 0.2) is 91.0 Å². The topological polar surface area (TPSA) is 82.1 Å². The lowest BCUT2D eigenvalue weighted by Gasteiger charge is -2.37. The average molecular weight is 590 g/mol. The molecule has 0 amide bonds. The number of carbonyl (C=O) groups is 3. The Morgan fingerprint density at radius 3 is 2.09 bits per heavy atom. The zero-order valence-electron chi connectivity index (χ0n) is 24.2. The monoisotopic (exact) mass is 589 g/mol. The molecule has 4 aromatic carbocycles. The van der Waals surface area contributed by atoms with E-state index in [2.05, 4.69) is 0 Å². The summed E-state index contributed by atoms with van der Waals surface area (Å²) in [6, 6.07) is 21.1. The van der Waals surface area contributed by atoms with Crippen LogP contribution in [0, 0.1) is 11.2 Å². The van der Waals surface area contributed by atoms with Crippen molar-refractivity contribution in [3.63, 3.8) is 0 Å². The normalized spacial score (nSPS) is 20.7. The van der Waals surface area contributed by atoms with Gasteiger partial charge in [-0.05, 0) is 48.5 Å². The molecule has 3 aliphatic rings. The summed E-state index contributed by atoms with van der Waals surface area (Å²) in [5.41, 5.74) is 0.884. The number of ketones is 3. The van der Waals surface area contributed by atoms with Crippen molar-refractivity contribution in [2.45, 2.75) is 18.0 Å². The molecule has 8 heteroatoms. The number of methoxy groups -OCH3 is 3. The third-order valence-corrected chi connectivity index (χ3v) is 9.18. The molecule has 7 nitrogen and oxygen atoms in total. The van der Waals surface area contributed by atoms with E-state index in [1.165, 1.54) is 26.4 Å². The van der Waals surface area contributed by atoms with E-state index in [1.807, 2.05) is 4.90 Å². The highest BCUT2D eigenvalue weighted by Crippen LogP contribution is 2.62. The molecule has 0 saturated carbocycles. The molecule has 2 heterocycles. The van der Waals surface area contributed by atoms with Gasteiger partial charge in [-0.3, -0.25) is 14.4 Å². The van der Waals surface area contributed by atoms with Gasteiger partial charge in [-0.25, -0.2) is 4.39 Å². The van der Waals surface area contributed by atoms with E-state index >= 15 is 0 Å². The highest BCUT2D eigenvalue weighted by Gasteiger charge is 2.72. The highest BCUT2D eigenvalue weighted by atomic mass is 19.1. The summed E-state index contributed by atoms with van der Waals surface area (Å²) in [5.74, 6) is -0.993. The van der Waals surface area contributed by atoms with E-state index in [0.29, 0.717) is 50.8 Å². The van der Waals surface area contributed by atoms with Crippen molar-refractivity contribution in [3.8, 4) is 17.2 Å². The van der Waals surface area contributed by atoms with E-state index in [4.69, 9.17) is 14.2 Å². The third-order valence-electron chi connectivity index (χ3n) is 9.18. The molecule has 0 bridgehead atoms. The van der Waals surface area contributed by atoms with Gasteiger partial charge in [0.15, 0.2) is 17.3 Å². The van der Waals surface area contributed by atoms with Crippen LogP contribution in [0.1, 0.15) is 48.1 Å². The summed E-state index contributed by atoms with van der Waals surface area (Å²) < 4.78 is 31.1. The summed E-state index contributed by atoms with van der Waals surface area (Å²) in [7, 11) is 4.57. The molecule has 1 aliphatic carbocycles. The fraction of sp³-hybridized carbons (Fsp3) is 0.194. The smallest absolute Gasteiger partial charge is 0.185 e. The first-order chi connectivity index (χ1) is 21.3. The zero-order valence-corrected chi connectivity index (χ0v) is 24.2. The maximum Gasteiger partial charge on any atom is 0.185 e. The van der Waals surface area contributed by atoms with Gasteiger partial charge < -0.3 is 19.1 Å². The van der Waals surface area contributed by atoms with E-state index in [0.717, 1.165) is 0 Å². The molecule has 0 radical (unpaired) electrons. The summed E-state index contributed by atoms with van der Waals surface area (Å²) in [6.45, 7) is 0. The van der Waals surface area contributed by atoms with Crippen LogP contribution in [0.2, 0.25) is 0 Å². The van der Waals surface area contributed by atoms with Crippen molar-refractivity contribution in [3.05, 3.63) is 125 Å². The van der Waals surface area contributed by atoms with E-state index in [1.54, 1.807) is 92.1 Å².